The number of urea groups is 1. The number of hydrogen-bond donors (Lipinski definition) is 2. The van der Waals surface area contributed by atoms with Crippen molar-refractivity contribution >= 4 is 39.3 Å². The number of amides is 3. The predicted molar refractivity (Wildman–Crippen MR) is 111 cm³/mol. The summed E-state index contributed by atoms with van der Waals surface area (Å²) in [6.45, 7) is 2.04. The van der Waals surface area contributed by atoms with E-state index in [9.17, 15) is 19.1 Å². The zero-order valence-corrected chi connectivity index (χ0v) is 18.0. The fourth-order valence-corrected chi connectivity index (χ4v) is 4.07. The molecule has 11 heteroatoms. The highest BCUT2D eigenvalue weighted by molar-refractivity contribution is 9.10. The number of hydrazone groups is 1. The molecule has 9 nitrogen and oxygen atoms in total. The molecule has 3 amide bonds. The number of fused-ring (bicyclic) bond motifs is 3. The normalized spacial score (nSPS) is 18.5. The molecule has 0 spiro atoms. The molecular formula is C19H20BrFN6O3. The van der Waals surface area contributed by atoms with Crippen molar-refractivity contribution in [2.75, 3.05) is 19.0 Å². The average Bonchev–Trinajstić information content (AvgIpc) is 2.99. The van der Waals surface area contributed by atoms with Gasteiger partial charge < -0.3 is 15.3 Å². The van der Waals surface area contributed by atoms with Gasteiger partial charge in [-0.3, -0.25) is 9.48 Å². The summed E-state index contributed by atoms with van der Waals surface area (Å²) in [5, 5.41) is 22.1. The SMILES string of the molecule is C[C@@H]1Cc2nn3c(c2CN1C(=O)Nc1ccc(F)c(Br)c1)C(=O)N(C)N=C(CO)C3. The lowest BCUT2D eigenvalue weighted by atomic mass is 9.99. The number of anilines is 1. The van der Waals surface area contributed by atoms with Crippen LogP contribution in [0.4, 0.5) is 14.9 Å². The number of aromatic nitrogens is 2. The summed E-state index contributed by atoms with van der Waals surface area (Å²) < 4.78 is 15.3. The second-order valence-electron chi connectivity index (χ2n) is 7.32. The molecule has 30 heavy (non-hydrogen) atoms. The van der Waals surface area contributed by atoms with Gasteiger partial charge in [0.25, 0.3) is 5.91 Å². The summed E-state index contributed by atoms with van der Waals surface area (Å²) in [5.74, 6) is -0.761. The number of benzene rings is 1. The smallest absolute Gasteiger partial charge is 0.322 e. The van der Waals surface area contributed by atoms with E-state index in [1.807, 2.05) is 6.92 Å². The van der Waals surface area contributed by atoms with Crippen molar-refractivity contribution in [1.29, 1.82) is 0 Å². The van der Waals surface area contributed by atoms with Crippen LogP contribution >= 0.6 is 15.9 Å². The molecule has 2 aromatic rings. The van der Waals surface area contributed by atoms with Crippen LogP contribution in [0.1, 0.15) is 28.7 Å². The molecule has 0 saturated heterocycles. The van der Waals surface area contributed by atoms with E-state index in [1.54, 1.807) is 9.58 Å². The van der Waals surface area contributed by atoms with E-state index in [0.29, 0.717) is 29.1 Å². The Morgan fingerprint density at radius 1 is 1.40 bits per heavy atom. The Labute approximate surface area is 180 Å². The molecule has 158 valence electrons. The van der Waals surface area contributed by atoms with Gasteiger partial charge in [-0.25, -0.2) is 14.2 Å². The topological polar surface area (TPSA) is 103 Å². The van der Waals surface area contributed by atoms with Crippen LogP contribution in [-0.2, 0) is 19.5 Å². The summed E-state index contributed by atoms with van der Waals surface area (Å²) in [7, 11) is 1.52. The zero-order valence-electron chi connectivity index (χ0n) is 16.4. The van der Waals surface area contributed by atoms with Crippen LogP contribution in [0, 0.1) is 5.82 Å². The van der Waals surface area contributed by atoms with Gasteiger partial charge in [0.05, 0.1) is 35.6 Å². The fraction of sp³-hybridized carbons (Fsp3) is 0.368. The number of nitrogens with one attached hydrogen (secondary N) is 1. The Kier molecular flexibility index (Phi) is 5.33. The third-order valence-electron chi connectivity index (χ3n) is 5.22. The largest absolute Gasteiger partial charge is 0.390 e. The number of aliphatic hydroxyl groups is 1. The standard InChI is InChI=1S/C19H20BrFN6O3/c1-10-5-16-13(17-18(29)25(2)23-12(9-28)7-27(17)24-16)8-26(10)19(30)22-11-3-4-15(21)14(20)6-11/h3-4,6,10,28H,5,7-9H2,1-2H3,(H,22,30)/t10-/m1/s1. The lowest BCUT2D eigenvalue weighted by molar-refractivity contribution is 0.0789. The quantitative estimate of drug-likeness (QED) is 0.690. The van der Waals surface area contributed by atoms with Gasteiger partial charge in [0.15, 0.2) is 0 Å². The van der Waals surface area contributed by atoms with Gasteiger partial charge in [-0.2, -0.15) is 10.2 Å². The molecule has 2 aliphatic heterocycles. The zero-order chi connectivity index (χ0) is 21.6. The monoisotopic (exact) mass is 478 g/mol. The van der Waals surface area contributed by atoms with Crippen molar-refractivity contribution in [2.45, 2.75) is 32.5 Å². The lowest BCUT2D eigenvalue weighted by Gasteiger charge is -2.33. The van der Waals surface area contributed by atoms with E-state index in [2.05, 4.69) is 31.4 Å². The van der Waals surface area contributed by atoms with Gasteiger partial charge in [0.2, 0.25) is 0 Å². The Balaban J connectivity index is 1.62. The van der Waals surface area contributed by atoms with Crippen LogP contribution in [0.2, 0.25) is 0 Å². The molecule has 1 aromatic heterocycles. The van der Waals surface area contributed by atoms with Gasteiger partial charge in [0.1, 0.15) is 11.5 Å². The molecule has 0 unspecified atom stereocenters. The van der Waals surface area contributed by atoms with Crippen molar-refractivity contribution in [1.82, 2.24) is 19.7 Å². The van der Waals surface area contributed by atoms with Gasteiger partial charge in [-0.15, -0.1) is 0 Å². The maximum atomic E-state index is 13.5. The first-order chi connectivity index (χ1) is 14.3. The molecular weight excluding hydrogens is 459 g/mol. The first-order valence-electron chi connectivity index (χ1n) is 9.35. The molecule has 0 bridgehead atoms. The second-order valence-corrected chi connectivity index (χ2v) is 8.18. The number of carbonyl (C=O) groups excluding carboxylic acids is 2. The van der Waals surface area contributed by atoms with E-state index in [4.69, 9.17) is 0 Å². The van der Waals surface area contributed by atoms with Crippen LogP contribution in [0.15, 0.2) is 27.8 Å². The first-order valence-corrected chi connectivity index (χ1v) is 10.1. The molecule has 1 aromatic carbocycles. The fourth-order valence-electron chi connectivity index (χ4n) is 3.69. The van der Waals surface area contributed by atoms with Crippen LogP contribution in [-0.4, -0.2) is 62.1 Å². The average molecular weight is 479 g/mol. The molecule has 2 aliphatic rings. The van der Waals surface area contributed by atoms with Crippen LogP contribution in [0.5, 0.6) is 0 Å². The number of hydrogen-bond acceptors (Lipinski definition) is 5. The molecule has 0 saturated carbocycles. The van der Waals surface area contributed by atoms with Gasteiger partial charge >= 0.3 is 6.03 Å². The van der Waals surface area contributed by atoms with Crippen molar-refractivity contribution < 1.29 is 19.1 Å². The summed E-state index contributed by atoms with van der Waals surface area (Å²) in [5.41, 5.74) is 2.68. The van der Waals surface area contributed by atoms with Crippen molar-refractivity contribution in [3.05, 3.63) is 45.4 Å². The Bertz CT molecular complexity index is 1070. The Morgan fingerprint density at radius 3 is 2.87 bits per heavy atom. The summed E-state index contributed by atoms with van der Waals surface area (Å²) in [4.78, 5) is 27.4. The van der Waals surface area contributed by atoms with Crippen LogP contribution in [0.3, 0.4) is 0 Å². The Morgan fingerprint density at radius 2 is 2.17 bits per heavy atom. The maximum Gasteiger partial charge on any atom is 0.322 e. The van der Waals surface area contributed by atoms with Crippen LogP contribution < -0.4 is 5.32 Å². The molecule has 3 heterocycles. The van der Waals surface area contributed by atoms with Crippen LogP contribution in [0.25, 0.3) is 0 Å². The van der Waals surface area contributed by atoms with E-state index in [-0.39, 0.29) is 42.1 Å². The van der Waals surface area contributed by atoms with E-state index >= 15 is 0 Å². The molecule has 2 N–H and O–H groups in total. The summed E-state index contributed by atoms with van der Waals surface area (Å²) in [6.07, 6.45) is 0.485. The minimum absolute atomic E-state index is 0.153. The first kappa shape index (κ1) is 20.5. The van der Waals surface area contributed by atoms with Gasteiger partial charge in [0, 0.05) is 30.8 Å². The third-order valence-corrected chi connectivity index (χ3v) is 5.83. The highest BCUT2D eigenvalue weighted by atomic mass is 79.9. The predicted octanol–water partition coefficient (Wildman–Crippen LogP) is 2.20. The van der Waals surface area contributed by atoms with Gasteiger partial charge in [-0.1, -0.05) is 0 Å². The number of halogens is 2. The summed E-state index contributed by atoms with van der Waals surface area (Å²) >= 11 is 3.11. The van der Waals surface area contributed by atoms with Crippen molar-refractivity contribution in [3.8, 4) is 0 Å². The highest BCUT2D eigenvalue weighted by Crippen LogP contribution is 2.29. The van der Waals surface area contributed by atoms with E-state index in [1.165, 1.54) is 30.3 Å². The van der Waals surface area contributed by atoms with E-state index < -0.39 is 5.82 Å². The molecule has 0 fully saturated rings. The van der Waals surface area contributed by atoms with Crippen molar-refractivity contribution in [3.63, 3.8) is 0 Å². The highest BCUT2D eigenvalue weighted by Gasteiger charge is 2.36. The Hall–Kier alpha value is -2.79. The number of rotatable bonds is 2. The van der Waals surface area contributed by atoms with Gasteiger partial charge in [-0.05, 0) is 41.1 Å². The second kappa shape index (κ2) is 7.80. The molecule has 4 rings (SSSR count). The maximum absolute atomic E-state index is 13.5. The number of nitrogens with zero attached hydrogens (tertiary/aromatic N) is 5. The minimum Gasteiger partial charge on any atom is -0.390 e. The molecule has 0 aliphatic carbocycles. The third kappa shape index (κ3) is 3.58. The number of carbonyl (C=O) groups is 2. The van der Waals surface area contributed by atoms with Crippen molar-refractivity contribution in [2.24, 2.45) is 5.10 Å². The lowest BCUT2D eigenvalue weighted by Crippen LogP contribution is -2.45. The van der Waals surface area contributed by atoms with E-state index in [0.717, 1.165) is 5.69 Å². The molecule has 0 radical (unpaired) electrons. The molecule has 1 atom stereocenters. The number of aliphatic hydroxyl groups excluding tert-OH is 1. The minimum atomic E-state index is -0.418. The summed E-state index contributed by atoms with van der Waals surface area (Å²) in [6, 6.07) is 3.73.